The highest BCUT2D eigenvalue weighted by molar-refractivity contribution is 5.79. The summed E-state index contributed by atoms with van der Waals surface area (Å²) in [5, 5.41) is 5.77. The van der Waals surface area contributed by atoms with Gasteiger partial charge in [-0.1, -0.05) is 43.7 Å². The van der Waals surface area contributed by atoms with Gasteiger partial charge in [0, 0.05) is 25.6 Å². The zero-order chi connectivity index (χ0) is 16.8. The van der Waals surface area contributed by atoms with Gasteiger partial charge in [0.05, 0.1) is 6.42 Å². The van der Waals surface area contributed by atoms with Crippen molar-refractivity contribution in [3.05, 3.63) is 35.4 Å². The number of aliphatic imine (C=N–C) groups is 1. The van der Waals surface area contributed by atoms with Crippen LogP contribution in [0.4, 0.5) is 13.2 Å². The van der Waals surface area contributed by atoms with E-state index in [1.807, 2.05) is 19.1 Å². The molecule has 0 amide bonds. The summed E-state index contributed by atoms with van der Waals surface area (Å²) in [7, 11) is 1.54. The molecular weight excluding hydrogens is 291 g/mol. The van der Waals surface area contributed by atoms with Gasteiger partial charge in [-0.05, 0) is 12.5 Å². The minimum absolute atomic E-state index is 0.159. The molecule has 0 unspecified atom stereocenters. The molecule has 0 spiro atoms. The lowest BCUT2D eigenvalue weighted by Gasteiger charge is -2.27. The van der Waals surface area contributed by atoms with Gasteiger partial charge in [-0.2, -0.15) is 13.2 Å². The first kappa shape index (κ1) is 18.3. The summed E-state index contributed by atoms with van der Waals surface area (Å²) in [6.07, 6.45) is -5.04. The van der Waals surface area contributed by atoms with E-state index in [-0.39, 0.29) is 12.0 Å². The molecule has 1 aromatic rings. The maximum atomic E-state index is 12.1. The maximum Gasteiger partial charge on any atom is 0.390 e. The molecule has 0 saturated heterocycles. The van der Waals surface area contributed by atoms with Crippen LogP contribution in [-0.2, 0) is 5.41 Å². The highest BCUT2D eigenvalue weighted by Gasteiger charge is 2.26. The third-order valence-corrected chi connectivity index (χ3v) is 3.42. The highest BCUT2D eigenvalue weighted by Crippen LogP contribution is 2.23. The standard InChI is InChI=1S/C16H24F3N3/c1-12-6-5-7-13(10-12)15(2,3)11-22-14(20-4)21-9-8-16(17,18)19/h5-7,10H,8-9,11H2,1-4H3,(H2,20,21,22). The number of nitrogens with one attached hydrogen (secondary N) is 2. The first-order valence-electron chi connectivity index (χ1n) is 7.22. The summed E-state index contributed by atoms with van der Waals surface area (Å²) < 4.78 is 36.4. The molecule has 0 bridgehead atoms. The Bertz CT molecular complexity index is 508. The van der Waals surface area contributed by atoms with Crippen molar-refractivity contribution in [2.24, 2.45) is 4.99 Å². The lowest BCUT2D eigenvalue weighted by molar-refractivity contribution is -0.132. The highest BCUT2D eigenvalue weighted by atomic mass is 19.4. The molecule has 0 aliphatic rings. The average molecular weight is 315 g/mol. The number of hydrogen-bond donors (Lipinski definition) is 2. The zero-order valence-electron chi connectivity index (χ0n) is 13.5. The topological polar surface area (TPSA) is 36.4 Å². The predicted octanol–water partition coefficient (Wildman–Crippen LogP) is 3.39. The number of aryl methyl sites for hydroxylation is 1. The third kappa shape index (κ3) is 6.37. The Morgan fingerprint density at radius 3 is 2.41 bits per heavy atom. The van der Waals surface area contributed by atoms with Gasteiger partial charge in [-0.25, -0.2) is 0 Å². The molecule has 0 heterocycles. The molecule has 0 saturated carbocycles. The average Bonchev–Trinajstić information content (AvgIpc) is 2.41. The van der Waals surface area contributed by atoms with E-state index in [0.717, 1.165) is 0 Å². The van der Waals surface area contributed by atoms with Gasteiger partial charge in [0.25, 0.3) is 0 Å². The van der Waals surface area contributed by atoms with Crippen LogP contribution in [0, 0.1) is 6.92 Å². The molecule has 0 aliphatic carbocycles. The molecule has 0 aliphatic heterocycles. The number of benzene rings is 1. The summed E-state index contributed by atoms with van der Waals surface area (Å²) in [5.74, 6) is 0.380. The summed E-state index contributed by atoms with van der Waals surface area (Å²) >= 11 is 0. The third-order valence-electron chi connectivity index (χ3n) is 3.42. The minimum Gasteiger partial charge on any atom is -0.356 e. The molecule has 124 valence electrons. The van der Waals surface area contributed by atoms with Gasteiger partial charge in [0.2, 0.25) is 0 Å². The van der Waals surface area contributed by atoms with Crippen molar-refractivity contribution in [3.8, 4) is 0 Å². The molecule has 0 atom stereocenters. The Labute approximate surface area is 130 Å². The summed E-state index contributed by atoms with van der Waals surface area (Å²) in [6.45, 7) is 6.58. The van der Waals surface area contributed by atoms with E-state index in [1.54, 1.807) is 7.05 Å². The van der Waals surface area contributed by atoms with Crippen molar-refractivity contribution in [2.75, 3.05) is 20.1 Å². The van der Waals surface area contributed by atoms with Crippen molar-refractivity contribution < 1.29 is 13.2 Å². The fraction of sp³-hybridized carbons (Fsp3) is 0.562. The molecule has 0 aromatic heterocycles. The predicted molar refractivity (Wildman–Crippen MR) is 84.2 cm³/mol. The Balaban J connectivity index is 2.55. The Kier molecular flexibility index (Phi) is 6.26. The van der Waals surface area contributed by atoms with E-state index in [1.165, 1.54) is 11.1 Å². The Hall–Kier alpha value is -1.72. The SMILES string of the molecule is CN=C(NCCC(F)(F)F)NCC(C)(C)c1cccc(C)c1. The number of halogens is 3. The van der Waals surface area contributed by atoms with Gasteiger partial charge >= 0.3 is 6.18 Å². The molecule has 6 heteroatoms. The molecular formula is C16H24F3N3. The molecule has 0 fully saturated rings. The number of guanidine groups is 1. The fourth-order valence-electron chi connectivity index (χ4n) is 2.02. The van der Waals surface area contributed by atoms with Gasteiger partial charge < -0.3 is 10.6 Å². The van der Waals surface area contributed by atoms with Crippen molar-refractivity contribution in [2.45, 2.75) is 38.8 Å². The van der Waals surface area contributed by atoms with Crippen molar-refractivity contribution in [1.29, 1.82) is 0 Å². The van der Waals surface area contributed by atoms with Crippen LogP contribution in [0.15, 0.2) is 29.3 Å². The normalized spacial score (nSPS) is 13.1. The molecule has 3 nitrogen and oxygen atoms in total. The van der Waals surface area contributed by atoms with E-state index in [9.17, 15) is 13.2 Å². The summed E-state index contributed by atoms with van der Waals surface area (Å²) in [6, 6.07) is 8.20. The lowest BCUT2D eigenvalue weighted by atomic mass is 9.84. The van der Waals surface area contributed by atoms with Crippen molar-refractivity contribution in [1.82, 2.24) is 10.6 Å². The zero-order valence-corrected chi connectivity index (χ0v) is 13.5. The fourth-order valence-corrected chi connectivity index (χ4v) is 2.02. The van der Waals surface area contributed by atoms with Crippen LogP contribution in [0.3, 0.4) is 0 Å². The largest absolute Gasteiger partial charge is 0.390 e. The number of alkyl halides is 3. The summed E-state index contributed by atoms with van der Waals surface area (Å²) in [4.78, 5) is 3.95. The molecule has 2 N–H and O–H groups in total. The van der Waals surface area contributed by atoms with E-state index < -0.39 is 12.6 Å². The molecule has 1 rings (SSSR count). The number of rotatable bonds is 5. The first-order valence-corrected chi connectivity index (χ1v) is 7.22. The Morgan fingerprint density at radius 2 is 1.86 bits per heavy atom. The van der Waals surface area contributed by atoms with Gasteiger partial charge in [0.15, 0.2) is 5.96 Å². The van der Waals surface area contributed by atoms with Crippen LogP contribution in [0.5, 0.6) is 0 Å². The van der Waals surface area contributed by atoms with Crippen LogP contribution in [-0.4, -0.2) is 32.3 Å². The lowest BCUT2D eigenvalue weighted by Crippen LogP contribution is -2.44. The second-order valence-corrected chi connectivity index (χ2v) is 5.97. The minimum atomic E-state index is -4.16. The molecule has 22 heavy (non-hydrogen) atoms. The van der Waals surface area contributed by atoms with Crippen LogP contribution in [0.2, 0.25) is 0 Å². The second kappa shape index (κ2) is 7.51. The molecule has 0 radical (unpaired) electrons. The van der Waals surface area contributed by atoms with Crippen molar-refractivity contribution >= 4 is 5.96 Å². The maximum absolute atomic E-state index is 12.1. The number of hydrogen-bond acceptors (Lipinski definition) is 1. The van der Waals surface area contributed by atoms with E-state index in [2.05, 4.69) is 41.6 Å². The van der Waals surface area contributed by atoms with Gasteiger partial charge in [0.1, 0.15) is 0 Å². The summed E-state index contributed by atoms with van der Waals surface area (Å²) in [5.41, 5.74) is 2.19. The van der Waals surface area contributed by atoms with Gasteiger partial charge in [-0.3, -0.25) is 4.99 Å². The monoisotopic (exact) mass is 315 g/mol. The first-order chi connectivity index (χ1) is 10.1. The van der Waals surface area contributed by atoms with Crippen molar-refractivity contribution in [3.63, 3.8) is 0 Å². The smallest absolute Gasteiger partial charge is 0.356 e. The Morgan fingerprint density at radius 1 is 1.18 bits per heavy atom. The second-order valence-electron chi connectivity index (χ2n) is 5.97. The number of nitrogens with zero attached hydrogens (tertiary/aromatic N) is 1. The quantitative estimate of drug-likeness (QED) is 0.645. The van der Waals surface area contributed by atoms with E-state index in [0.29, 0.717) is 12.5 Å². The van der Waals surface area contributed by atoms with Crippen LogP contribution < -0.4 is 10.6 Å². The van der Waals surface area contributed by atoms with Crippen LogP contribution in [0.25, 0.3) is 0 Å². The van der Waals surface area contributed by atoms with Gasteiger partial charge in [-0.15, -0.1) is 0 Å². The van der Waals surface area contributed by atoms with Crippen LogP contribution >= 0.6 is 0 Å². The van der Waals surface area contributed by atoms with Crippen LogP contribution in [0.1, 0.15) is 31.4 Å². The van der Waals surface area contributed by atoms with E-state index in [4.69, 9.17) is 0 Å². The van der Waals surface area contributed by atoms with E-state index >= 15 is 0 Å². The molecule has 1 aromatic carbocycles.